The minimum Gasteiger partial charge on any atom is -0.489 e. The molecule has 0 aliphatic rings. The molecule has 0 saturated heterocycles. The predicted octanol–water partition coefficient (Wildman–Crippen LogP) is 4.04. The molecule has 0 saturated carbocycles. The van der Waals surface area contributed by atoms with Crippen LogP contribution in [0.25, 0.3) is 16.9 Å². The molecule has 0 fully saturated rings. The molecule has 154 valence electrons. The van der Waals surface area contributed by atoms with Crippen LogP contribution in [-0.4, -0.2) is 19.7 Å². The topological polar surface area (TPSA) is 75.1 Å². The third-order valence-electron chi connectivity index (χ3n) is 5.35. The highest BCUT2D eigenvalue weighted by molar-refractivity contribution is 5.64. The third-order valence-corrected chi connectivity index (χ3v) is 5.35. The van der Waals surface area contributed by atoms with Crippen molar-refractivity contribution < 1.29 is 9.37 Å². The van der Waals surface area contributed by atoms with Gasteiger partial charge in [0.05, 0.1) is 18.4 Å². The van der Waals surface area contributed by atoms with Gasteiger partial charge in [0.15, 0.2) is 5.69 Å². The Morgan fingerprint density at radius 1 is 1.03 bits per heavy atom. The normalized spacial score (nSPS) is 11.1. The van der Waals surface area contributed by atoms with Gasteiger partial charge in [-0.3, -0.25) is 9.42 Å². The Balaban J connectivity index is 1.61. The van der Waals surface area contributed by atoms with Gasteiger partial charge in [-0.25, -0.2) is 4.68 Å². The number of benzene rings is 2. The Hall–Kier alpha value is -3.61. The third kappa shape index (κ3) is 3.54. The molecule has 4 aromatic rings. The SMILES string of the molecule is Cc1cc(-n2cc(C)c(C)n2)ccc1OCc1c(C)cccc1-c1non(C)c1=O. The van der Waals surface area contributed by atoms with Crippen LogP contribution in [-0.2, 0) is 13.7 Å². The molecule has 2 aromatic heterocycles. The Bertz CT molecular complexity index is 1260. The van der Waals surface area contributed by atoms with Gasteiger partial charge >= 0.3 is 5.56 Å². The molecule has 0 spiro atoms. The lowest BCUT2D eigenvalue weighted by atomic mass is 10.0. The van der Waals surface area contributed by atoms with Crippen LogP contribution in [0.2, 0.25) is 0 Å². The highest BCUT2D eigenvalue weighted by Crippen LogP contribution is 2.27. The number of hydrogen-bond donors (Lipinski definition) is 0. The monoisotopic (exact) mass is 404 g/mol. The van der Waals surface area contributed by atoms with Crippen LogP contribution in [0.3, 0.4) is 0 Å². The molecule has 0 N–H and O–H groups in total. The predicted molar refractivity (Wildman–Crippen MR) is 114 cm³/mol. The van der Waals surface area contributed by atoms with Crippen molar-refractivity contribution in [3.8, 4) is 22.7 Å². The molecule has 2 heterocycles. The van der Waals surface area contributed by atoms with Crippen molar-refractivity contribution in [3.63, 3.8) is 0 Å². The fourth-order valence-corrected chi connectivity index (χ4v) is 3.37. The summed E-state index contributed by atoms with van der Waals surface area (Å²) < 4.78 is 14.1. The lowest BCUT2D eigenvalue weighted by molar-refractivity contribution is 0.216. The van der Waals surface area contributed by atoms with Crippen molar-refractivity contribution in [1.29, 1.82) is 0 Å². The van der Waals surface area contributed by atoms with E-state index in [1.807, 2.05) is 75.0 Å². The van der Waals surface area contributed by atoms with E-state index in [-0.39, 0.29) is 11.3 Å². The molecule has 2 aromatic carbocycles. The van der Waals surface area contributed by atoms with E-state index in [2.05, 4.69) is 10.3 Å². The lowest BCUT2D eigenvalue weighted by Gasteiger charge is -2.14. The van der Waals surface area contributed by atoms with Crippen LogP contribution in [0.15, 0.2) is 52.0 Å². The highest BCUT2D eigenvalue weighted by Gasteiger charge is 2.17. The van der Waals surface area contributed by atoms with Crippen LogP contribution in [0.5, 0.6) is 5.75 Å². The number of aromatic nitrogens is 4. The maximum Gasteiger partial charge on any atom is 0.310 e. The first kappa shape index (κ1) is 19.7. The van der Waals surface area contributed by atoms with Crippen molar-refractivity contribution in [2.45, 2.75) is 34.3 Å². The summed E-state index contributed by atoms with van der Waals surface area (Å²) in [5.74, 6) is 0.779. The Morgan fingerprint density at radius 3 is 2.47 bits per heavy atom. The van der Waals surface area contributed by atoms with E-state index in [9.17, 15) is 4.79 Å². The molecular weight excluding hydrogens is 380 g/mol. The summed E-state index contributed by atoms with van der Waals surface area (Å²) in [7, 11) is 1.54. The quantitative estimate of drug-likeness (QED) is 0.502. The summed E-state index contributed by atoms with van der Waals surface area (Å²) in [4.78, 5) is 12.3. The van der Waals surface area contributed by atoms with Crippen molar-refractivity contribution in [3.05, 3.63) is 80.9 Å². The molecule has 0 unspecified atom stereocenters. The van der Waals surface area contributed by atoms with Gasteiger partial charge in [-0.15, -0.1) is 4.74 Å². The van der Waals surface area contributed by atoms with Crippen LogP contribution in [0.1, 0.15) is 27.9 Å². The first-order valence-corrected chi connectivity index (χ1v) is 9.74. The van der Waals surface area contributed by atoms with Crippen molar-refractivity contribution in [2.75, 3.05) is 0 Å². The van der Waals surface area contributed by atoms with Gasteiger partial charge in [0.25, 0.3) is 0 Å². The molecule has 0 aliphatic heterocycles. The van der Waals surface area contributed by atoms with E-state index in [1.54, 1.807) is 0 Å². The van der Waals surface area contributed by atoms with Gasteiger partial charge in [-0.1, -0.05) is 18.2 Å². The molecule has 0 radical (unpaired) electrons. The zero-order valence-electron chi connectivity index (χ0n) is 17.8. The highest BCUT2D eigenvalue weighted by atomic mass is 16.6. The second-order valence-corrected chi connectivity index (χ2v) is 7.51. The van der Waals surface area contributed by atoms with Gasteiger partial charge in [0, 0.05) is 17.3 Å². The van der Waals surface area contributed by atoms with Gasteiger partial charge in [-0.05, 0) is 67.7 Å². The average Bonchev–Trinajstić information content (AvgIpc) is 3.23. The van der Waals surface area contributed by atoms with Crippen LogP contribution < -0.4 is 10.3 Å². The van der Waals surface area contributed by atoms with Crippen molar-refractivity contribution >= 4 is 0 Å². The van der Waals surface area contributed by atoms with Crippen LogP contribution in [0, 0.1) is 27.7 Å². The summed E-state index contributed by atoms with van der Waals surface area (Å²) in [5, 5.41) is 8.46. The van der Waals surface area contributed by atoms with E-state index < -0.39 is 0 Å². The zero-order chi connectivity index (χ0) is 21.4. The van der Waals surface area contributed by atoms with E-state index in [4.69, 9.17) is 9.37 Å². The Labute approximate surface area is 174 Å². The number of hydrogen-bond acceptors (Lipinski definition) is 5. The molecule has 0 bridgehead atoms. The molecule has 0 aliphatic carbocycles. The average molecular weight is 404 g/mol. The molecule has 0 atom stereocenters. The van der Waals surface area contributed by atoms with E-state index in [1.165, 1.54) is 7.05 Å². The minimum absolute atomic E-state index is 0.271. The standard InChI is InChI=1S/C23H24N4O3/c1-14-7-6-8-19(22-23(28)26(5)30-25-22)20(14)13-29-21-10-9-18(11-15(21)2)27-12-16(3)17(4)24-27/h6-12H,13H2,1-5H3. The van der Waals surface area contributed by atoms with Crippen molar-refractivity contribution in [2.24, 2.45) is 7.05 Å². The Kier molecular flexibility index (Phi) is 5.03. The summed E-state index contributed by atoms with van der Waals surface area (Å²) >= 11 is 0. The van der Waals surface area contributed by atoms with E-state index in [0.717, 1.165) is 49.7 Å². The van der Waals surface area contributed by atoms with Crippen LogP contribution >= 0.6 is 0 Å². The summed E-state index contributed by atoms with van der Waals surface area (Å²) in [6, 6.07) is 11.7. The zero-order valence-corrected chi connectivity index (χ0v) is 17.8. The number of nitrogens with zero attached hydrogens (tertiary/aromatic N) is 4. The second kappa shape index (κ2) is 7.67. The molecule has 7 nitrogen and oxygen atoms in total. The molecule has 7 heteroatoms. The van der Waals surface area contributed by atoms with Gasteiger partial charge in [0.1, 0.15) is 12.4 Å². The Morgan fingerprint density at radius 2 is 1.83 bits per heavy atom. The van der Waals surface area contributed by atoms with Crippen molar-refractivity contribution in [1.82, 2.24) is 19.7 Å². The largest absolute Gasteiger partial charge is 0.489 e. The van der Waals surface area contributed by atoms with Gasteiger partial charge in [-0.2, -0.15) is 5.10 Å². The van der Waals surface area contributed by atoms with Crippen LogP contribution in [0.4, 0.5) is 0 Å². The fourth-order valence-electron chi connectivity index (χ4n) is 3.37. The maximum absolute atomic E-state index is 12.3. The summed E-state index contributed by atoms with van der Waals surface area (Å²) in [5.41, 5.74) is 6.83. The smallest absolute Gasteiger partial charge is 0.310 e. The molecule has 0 amide bonds. The first-order chi connectivity index (χ1) is 14.3. The molecule has 4 rings (SSSR count). The first-order valence-electron chi connectivity index (χ1n) is 9.74. The number of ether oxygens (including phenoxy) is 1. The lowest BCUT2D eigenvalue weighted by Crippen LogP contribution is -2.13. The minimum atomic E-state index is -0.271. The van der Waals surface area contributed by atoms with Gasteiger partial charge in [0.2, 0.25) is 0 Å². The van der Waals surface area contributed by atoms with E-state index in [0.29, 0.717) is 6.61 Å². The molecule has 30 heavy (non-hydrogen) atoms. The fraction of sp³-hybridized carbons (Fsp3) is 0.261. The number of rotatable bonds is 5. The second-order valence-electron chi connectivity index (χ2n) is 7.51. The summed E-state index contributed by atoms with van der Waals surface area (Å²) in [6.45, 7) is 8.36. The number of aryl methyl sites for hydroxylation is 5. The summed E-state index contributed by atoms with van der Waals surface area (Å²) in [6.07, 6.45) is 2.02. The van der Waals surface area contributed by atoms with Gasteiger partial charge < -0.3 is 4.74 Å². The molecular formula is C23H24N4O3. The van der Waals surface area contributed by atoms with E-state index >= 15 is 0 Å². The maximum atomic E-state index is 12.3.